The number of hydrogen-bond donors (Lipinski definition) is 1. The molecule has 0 saturated heterocycles. The molecule has 0 aliphatic carbocycles. The molecule has 3 aromatic rings. The fourth-order valence-electron chi connectivity index (χ4n) is 4.20. The van der Waals surface area contributed by atoms with Gasteiger partial charge in [-0.25, -0.2) is 0 Å². The molecule has 2 aromatic carbocycles. The molecule has 0 aliphatic rings. The van der Waals surface area contributed by atoms with Gasteiger partial charge in [-0.1, -0.05) is 0 Å². The van der Waals surface area contributed by atoms with Crippen LogP contribution in [0.5, 0.6) is 0 Å². The molecule has 1 aromatic heterocycles. The van der Waals surface area contributed by atoms with E-state index in [0.717, 1.165) is 0 Å². The van der Waals surface area contributed by atoms with Gasteiger partial charge in [0.05, 0.1) is 0 Å². The van der Waals surface area contributed by atoms with Crippen LogP contribution in [0.3, 0.4) is 0 Å². The molecule has 1 heterocycles. The Bertz CT molecular complexity index is 822. The zero-order valence-corrected chi connectivity index (χ0v) is 18.6. The Balaban J connectivity index is 2.29. The van der Waals surface area contributed by atoms with Gasteiger partial charge < -0.3 is 0 Å². The number of aliphatic hydroxyl groups is 1. The van der Waals surface area contributed by atoms with Crippen LogP contribution in [0.15, 0.2) is 47.1 Å². The summed E-state index contributed by atoms with van der Waals surface area (Å²) in [5, 5.41) is 11.4. The molecule has 2 nitrogen and oxygen atoms in total. The summed E-state index contributed by atoms with van der Waals surface area (Å²) < 4.78 is 8.33. The molecular weight excluding hydrogens is 381 g/mol. The second-order valence-electron chi connectivity index (χ2n) is 7.38. The molecule has 3 rings (SSSR count). The Morgan fingerprint density at radius 3 is 1.54 bits per heavy atom. The van der Waals surface area contributed by atoms with Crippen LogP contribution in [0.25, 0.3) is 0 Å². The van der Waals surface area contributed by atoms with Gasteiger partial charge in [-0.15, -0.1) is 0 Å². The molecule has 1 atom stereocenters. The molecule has 26 heavy (non-hydrogen) atoms. The second-order valence-corrected chi connectivity index (χ2v) is 12.4. The van der Waals surface area contributed by atoms with Crippen LogP contribution in [-0.2, 0) is 0 Å². The zero-order valence-electron chi connectivity index (χ0n) is 16.5. The van der Waals surface area contributed by atoms with E-state index >= 15 is 0 Å². The van der Waals surface area contributed by atoms with E-state index in [4.69, 9.17) is 4.42 Å². The molecule has 0 aliphatic heterocycles. The fraction of sp³-hybridized carbons (Fsp3) is 0.304. The van der Waals surface area contributed by atoms with Crippen molar-refractivity contribution in [3.8, 4) is 0 Å². The minimum absolute atomic E-state index is 0.565. The van der Waals surface area contributed by atoms with Crippen molar-refractivity contribution in [3.05, 3.63) is 81.8 Å². The number of aliphatic hydroxyl groups excluding tert-OH is 1. The maximum atomic E-state index is 11.4. The monoisotopic (exact) mass is 409 g/mol. The predicted octanol–water partition coefficient (Wildman–Crippen LogP) is 4.01. The Labute approximate surface area is 161 Å². The summed E-state index contributed by atoms with van der Waals surface area (Å²) in [6, 6.07) is 12.7. The first-order chi connectivity index (χ1) is 12.3. The van der Waals surface area contributed by atoms with Gasteiger partial charge in [-0.3, -0.25) is 0 Å². The summed E-state index contributed by atoms with van der Waals surface area (Å²) in [4.78, 5) is -0.565. The van der Waals surface area contributed by atoms with E-state index in [2.05, 4.69) is 65.8 Å². The molecule has 1 N–H and O–H groups in total. The van der Waals surface area contributed by atoms with Gasteiger partial charge >= 0.3 is 161 Å². The molecule has 1 unspecified atom stereocenters. The molecule has 0 fully saturated rings. The van der Waals surface area contributed by atoms with Crippen molar-refractivity contribution < 1.29 is 9.52 Å². The molecule has 1 radical (unpaired) electrons. The third kappa shape index (κ3) is 3.53. The third-order valence-electron chi connectivity index (χ3n) is 4.98. The van der Waals surface area contributed by atoms with Crippen LogP contribution >= 0.6 is 0 Å². The van der Waals surface area contributed by atoms with Gasteiger partial charge in [0, 0.05) is 0 Å². The number of benzene rings is 2. The van der Waals surface area contributed by atoms with Crippen LogP contribution in [0, 0.1) is 41.5 Å². The van der Waals surface area contributed by atoms with E-state index < -0.39 is 19.3 Å². The van der Waals surface area contributed by atoms with Crippen LogP contribution < -0.4 is 8.79 Å². The van der Waals surface area contributed by atoms with Crippen LogP contribution in [0.2, 0.25) is 0 Å². The van der Waals surface area contributed by atoms with Crippen LogP contribution in [0.1, 0.15) is 44.1 Å². The van der Waals surface area contributed by atoms with Crippen molar-refractivity contribution >= 4 is 23.1 Å². The Morgan fingerprint density at radius 1 is 0.769 bits per heavy atom. The van der Waals surface area contributed by atoms with Crippen molar-refractivity contribution in [2.75, 3.05) is 0 Å². The number of rotatable bonds is 4. The quantitative estimate of drug-likeness (QED) is 0.663. The van der Waals surface area contributed by atoms with E-state index in [9.17, 15) is 5.11 Å². The summed E-state index contributed by atoms with van der Waals surface area (Å²) >= 11 is -2.34. The van der Waals surface area contributed by atoms with Crippen LogP contribution in [0.4, 0.5) is 0 Å². The Hall–Kier alpha value is -1.78. The first-order valence-corrected chi connectivity index (χ1v) is 12.3. The first kappa shape index (κ1) is 19.0. The summed E-state index contributed by atoms with van der Waals surface area (Å²) in [7, 11) is 0. The first-order valence-electron chi connectivity index (χ1n) is 9.04. The molecule has 0 bridgehead atoms. The average molecular weight is 408 g/mol. The topological polar surface area (TPSA) is 33.4 Å². The number of furan rings is 1. The van der Waals surface area contributed by atoms with E-state index in [1.54, 1.807) is 6.26 Å². The normalized spacial score (nSPS) is 12.6. The molecule has 0 saturated carbocycles. The Morgan fingerprint density at radius 2 is 1.19 bits per heavy atom. The van der Waals surface area contributed by atoms with E-state index in [0.29, 0.717) is 5.76 Å². The molecular formula is C23H27GeO2. The summed E-state index contributed by atoms with van der Waals surface area (Å²) in [5.41, 5.74) is 7.66. The fourth-order valence-corrected chi connectivity index (χ4v) is 11.0. The van der Waals surface area contributed by atoms with Crippen LogP contribution in [-0.4, -0.2) is 19.5 Å². The molecule has 0 spiro atoms. The minimum atomic E-state index is -2.34. The summed E-state index contributed by atoms with van der Waals surface area (Å²) in [5.74, 6) is 0.679. The van der Waals surface area contributed by atoms with Gasteiger partial charge in [0.15, 0.2) is 0 Å². The van der Waals surface area contributed by atoms with E-state index in [-0.39, 0.29) is 0 Å². The molecule has 0 amide bonds. The van der Waals surface area contributed by atoms with Gasteiger partial charge in [0.25, 0.3) is 0 Å². The summed E-state index contributed by atoms with van der Waals surface area (Å²) in [6.45, 7) is 13.0. The van der Waals surface area contributed by atoms with Gasteiger partial charge in [-0.05, 0) is 0 Å². The van der Waals surface area contributed by atoms with Crippen molar-refractivity contribution in [2.24, 2.45) is 0 Å². The standard InChI is InChI=1S/C23H27GeO2/c1-14-10-16(3)21(17(4)11-14)24(23(25)20-8-7-9-26-20)22-18(5)12-15(2)13-19(22)6/h7-13,23,25H,1-6H3. The van der Waals surface area contributed by atoms with Crippen molar-refractivity contribution in [1.29, 1.82) is 0 Å². The molecule has 135 valence electrons. The number of aryl methyl sites for hydroxylation is 6. The van der Waals surface area contributed by atoms with E-state index in [1.807, 2.05) is 12.1 Å². The van der Waals surface area contributed by atoms with Crippen molar-refractivity contribution in [2.45, 2.75) is 46.5 Å². The third-order valence-corrected chi connectivity index (χ3v) is 12.3. The molecule has 3 heteroatoms. The average Bonchev–Trinajstić information content (AvgIpc) is 3.05. The maximum absolute atomic E-state index is 11.4. The second kappa shape index (κ2) is 7.45. The van der Waals surface area contributed by atoms with Crippen molar-refractivity contribution in [1.82, 2.24) is 0 Å². The summed E-state index contributed by atoms with van der Waals surface area (Å²) in [6.07, 6.45) is 1.65. The van der Waals surface area contributed by atoms with Gasteiger partial charge in [0.2, 0.25) is 0 Å². The zero-order chi connectivity index (χ0) is 19.0. The number of hydrogen-bond acceptors (Lipinski definition) is 2. The van der Waals surface area contributed by atoms with Gasteiger partial charge in [-0.2, -0.15) is 0 Å². The Kier molecular flexibility index (Phi) is 5.45. The SMILES string of the molecule is Cc1cc(C)[c]([Ge]([c]2c(C)cc(C)cc2C)[CH](O)c2ccco2)c(C)c1. The van der Waals surface area contributed by atoms with E-state index in [1.165, 1.54) is 42.2 Å². The predicted molar refractivity (Wildman–Crippen MR) is 110 cm³/mol. The van der Waals surface area contributed by atoms with Crippen molar-refractivity contribution in [3.63, 3.8) is 0 Å². The van der Waals surface area contributed by atoms with Gasteiger partial charge in [0.1, 0.15) is 0 Å².